The zero-order valence-corrected chi connectivity index (χ0v) is 15.6. The van der Waals surface area contributed by atoms with E-state index >= 15 is 0 Å². The third kappa shape index (κ3) is 6.50. The first-order chi connectivity index (χ1) is 10.2. The van der Waals surface area contributed by atoms with Gasteiger partial charge in [0, 0.05) is 17.6 Å². The highest BCUT2D eigenvalue weighted by molar-refractivity contribution is 5.94. The first-order valence-electron chi connectivity index (χ1n) is 8.16. The van der Waals surface area contributed by atoms with Gasteiger partial charge in [0.1, 0.15) is 5.75 Å². The summed E-state index contributed by atoms with van der Waals surface area (Å²) in [5, 5.41) is 0. The Bertz CT molecular complexity index is 432. The number of nitrogens with zero attached hydrogens (tertiary/aromatic N) is 1. The highest BCUT2D eigenvalue weighted by Gasteiger charge is 2.29. The van der Waals surface area contributed by atoms with Crippen LogP contribution in [-0.4, -0.2) is 18.6 Å². The monoisotopic (exact) mass is 307 g/mol. The van der Waals surface area contributed by atoms with Crippen LogP contribution in [0, 0.1) is 5.92 Å². The summed E-state index contributed by atoms with van der Waals surface area (Å²) in [5.41, 5.74) is 0.747. The molecule has 1 amide bonds. The molecule has 0 saturated heterocycles. The van der Waals surface area contributed by atoms with Crippen LogP contribution in [0.4, 0.5) is 5.69 Å². The van der Waals surface area contributed by atoms with E-state index in [1.54, 1.807) is 7.11 Å². The van der Waals surface area contributed by atoms with Crippen LogP contribution >= 0.6 is 0 Å². The quantitative estimate of drug-likeness (QED) is 0.739. The predicted octanol–water partition coefficient (Wildman–Crippen LogP) is 5.29. The number of hydrogen-bond donors (Lipinski definition) is 0. The fourth-order valence-electron chi connectivity index (χ4n) is 1.88. The lowest BCUT2D eigenvalue weighted by molar-refractivity contribution is -0.119. The van der Waals surface area contributed by atoms with Crippen molar-refractivity contribution in [3.63, 3.8) is 0 Å². The van der Waals surface area contributed by atoms with Crippen molar-refractivity contribution in [3.8, 4) is 5.75 Å². The van der Waals surface area contributed by atoms with Gasteiger partial charge in [-0.25, -0.2) is 0 Å². The molecule has 1 aromatic rings. The molecular weight excluding hydrogens is 274 g/mol. The van der Waals surface area contributed by atoms with Gasteiger partial charge in [-0.05, 0) is 50.5 Å². The summed E-state index contributed by atoms with van der Waals surface area (Å²) < 4.78 is 5.14. The molecule has 0 spiro atoms. The van der Waals surface area contributed by atoms with Gasteiger partial charge in [-0.15, -0.1) is 0 Å². The minimum absolute atomic E-state index is 0.145. The molecule has 0 aliphatic rings. The molecule has 0 fully saturated rings. The Morgan fingerprint density at radius 3 is 1.91 bits per heavy atom. The summed E-state index contributed by atoms with van der Waals surface area (Å²) in [6, 6.07) is 7.64. The SMILES string of the molecule is CC(C)C.CCC(=O)N(c1ccc(OC)cc1)C(C)(C)CC. The lowest BCUT2D eigenvalue weighted by atomic mass is 9.97. The van der Waals surface area contributed by atoms with E-state index in [1.807, 2.05) is 36.1 Å². The zero-order valence-electron chi connectivity index (χ0n) is 15.6. The van der Waals surface area contributed by atoms with Gasteiger partial charge < -0.3 is 9.64 Å². The van der Waals surface area contributed by atoms with E-state index in [0.717, 1.165) is 23.8 Å². The van der Waals surface area contributed by atoms with Crippen molar-refractivity contribution in [2.24, 2.45) is 5.92 Å². The van der Waals surface area contributed by atoms with E-state index in [-0.39, 0.29) is 11.4 Å². The van der Waals surface area contributed by atoms with Crippen molar-refractivity contribution in [1.29, 1.82) is 0 Å². The molecule has 3 nitrogen and oxygen atoms in total. The molecule has 0 unspecified atom stereocenters. The Morgan fingerprint density at radius 1 is 1.14 bits per heavy atom. The maximum atomic E-state index is 12.2. The summed E-state index contributed by atoms with van der Waals surface area (Å²) in [5.74, 6) is 1.78. The highest BCUT2D eigenvalue weighted by atomic mass is 16.5. The van der Waals surface area contributed by atoms with Gasteiger partial charge in [0.05, 0.1) is 7.11 Å². The molecule has 0 atom stereocenters. The number of carbonyl (C=O) groups is 1. The van der Waals surface area contributed by atoms with Gasteiger partial charge >= 0.3 is 0 Å². The smallest absolute Gasteiger partial charge is 0.227 e. The molecule has 22 heavy (non-hydrogen) atoms. The molecule has 0 radical (unpaired) electrons. The molecule has 0 aromatic heterocycles. The molecule has 3 heteroatoms. The number of anilines is 1. The zero-order chi connectivity index (χ0) is 17.3. The van der Waals surface area contributed by atoms with Crippen LogP contribution in [0.1, 0.15) is 61.3 Å². The van der Waals surface area contributed by atoms with Crippen molar-refractivity contribution in [2.75, 3.05) is 12.0 Å². The van der Waals surface area contributed by atoms with Crippen molar-refractivity contribution >= 4 is 11.6 Å². The lowest BCUT2D eigenvalue weighted by Crippen LogP contribution is -2.47. The van der Waals surface area contributed by atoms with Gasteiger partial charge in [0.2, 0.25) is 5.91 Å². The van der Waals surface area contributed by atoms with Crippen LogP contribution in [0.3, 0.4) is 0 Å². The van der Waals surface area contributed by atoms with Gasteiger partial charge in [0.15, 0.2) is 0 Å². The van der Waals surface area contributed by atoms with E-state index in [0.29, 0.717) is 6.42 Å². The molecule has 0 aliphatic carbocycles. The second-order valence-electron chi connectivity index (χ2n) is 6.68. The Morgan fingerprint density at radius 2 is 1.59 bits per heavy atom. The Hall–Kier alpha value is -1.51. The van der Waals surface area contributed by atoms with Gasteiger partial charge in [-0.2, -0.15) is 0 Å². The van der Waals surface area contributed by atoms with E-state index in [1.165, 1.54) is 0 Å². The maximum Gasteiger partial charge on any atom is 0.227 e. The third-order valence-corrected chi connectivity index (χ3v) is 3.35. The van der Waals surface area contributed by atoms with Crippen LogP contribution in [0.25, 0.3) is 0 Å². The summed E-state index contributed by atoms with van der Waals surface area (Å²) >= 11 is 0. The molecule has 0 aliphatic heterocycles. The minimum Gasteiger partial charge on any atom is -0.497 e. The van der Waals surface area contributed by atoms with Crippen LogP contribution in [0.5, 0.6) is 5.75 Å². The number of carbonyl (C=O) groups excluding carboxylic acids is 1. The Labute approximate surface area is 136 Å². The molecular formula is C19H33NO2. The van der Waals surface area contributed by atoms with E-state index in [9.17, 15) is 4.79 Å². The molecule has 0 saturated carbocycles. The van der Waals surface area contributed by atoms with E-state index in [4.69, 9.17) is 4.74 Å². The highest BCUT2D eigenvalue weighted by Crippen LogP contribution is 2.28. The van der Waals surface area contributed by atoms with Gasteiger partial charge in [-0.3, -0.25) is 4.79 Å². The van der Waals surface area contributed by atoms with Crippen LogP contribution in [0.15, 0.2) is 24.3 Å². The Balaban J connectivity index is 0.000000980. The third-order valence-electron chi connectivity index (χ3n) is 3.35. The van der Waals surface area contributed by atoms with E-state index < -0.39 is 0 Å². The van der Waals surface area contributed by atoms with E-state index in [2.05, 4.69) is 41.5 Å². The minimum atomic E-state index is -0.179. The normalized spacial score (nSPS) is 10.8. The summed E-state index contributed by atoms with van der Waals surface area (Å²) in [6.45, 7) is 14.7. The largest absolute Gasteiger partial charge is 0.497 e. The second-order valence-corrected chi connectivity index (χ2v) is 6.68. The van der Waals surface area contributed by atoms with Gasteiger partial charge in [-0.1, -0.05) is 34.6 Å². The van der Waals surface area contributed by atoms with Crippen LogP contribution < -0.4 is 9.64 Å². The first kappa shape index (κ1) is 20.5. The summed E-state index contributed by atoms with van der Waals surface area (Å²) in [7, 11) is 1.64. The summed E-state index contributed by atoms with van der Waals surface area (Å²) in [4.78, 5) is 14.0. The molecule has 0 bridgehead atoms. The molecule has 1 aromatic carbocycles. The molecule has 0 heterocycles. The maximum absolute atomic E-state index is 12.2. The number of ether oxygens (including phenoxy) is 1. The van der Waals surface area contributed by atoms with Crippen molar-refractivity contribution < 1.29 is 9.53 Å². The van der Waals surface area contributed by atoms with Crippen molar-refractivity contribution in [3.05, 3.63) is 24.3 Å². The molecule has 0 N–H and O–H groups in total. The average molecular weight is 307 g/mol. The van der Waals surface area contributed by atoms with Crippen molar-refractivity contribution in [2.45, 2.75) is 66.8 Å². The van der Waals surface area contributed by atoms with Crippen LogP contribution in [0.2, 0.25) is 0 Å². The number of amides is 1. The number of methoxy groups -OCH3 is 1. The average Bonchev–Trinajstić information content (AvgIpc) is 2.47. The lowest BCUT2D eigenvalue weighted by Gasteiger charge is -2.38. The topological polar surface area (TPSA) is 29.5 Å². The fourth-order valence-corrected chi connectivity index (χ4v) is 1.88. The summed E-state index contributed by atoms with van der Waals surface area (Å²) in [6.07, 6.45) is 1.42. The number of benzene rings is 1. The van der Waals surface area contributed by atoms with Crippen LogP contribution in [-0.2, 0) is 4.79 Å². The fraction of sp³-hybridized carbons (Fsp3) is 0.632. The van der Waals surface area contributed by atoms with Gasteiger partial charge in [0.25, 0.3) is 0 Å². The first-order valence-corrected chi connectivity index (χ1v) is 8.16. The van der Waals surface area contributed by atoms with Crippen molar-refractivity contribution in [1.82, 2.24) is 0 Å². The molecule has 1 rings (SSSR count). The standard InChI is InChI=1S/C15H23NO2.C4H10/c1-6-14(17)16(15(3,4)7-2)12-8-10-13(18-5)11-9-12;1-4(2)3/h8-11H,6-7H2,1-5H3;4H,1-3H3. The molecule has 126 valence electrons. The second kappa shape index (κ2) is 9.50. The predicted molar refractivity (Wildman–Crippen MR) is 95.7 cm³/mol. The Kier molecular flexibility index (Phi) is 8.84. The number of rotatable bonds is 5. The number of hydrogen-bond acceptors (Lipinski definition) is 2.